The lowest BCUT2D eigenvalue weighted by Gasteiger charge is -2.59. The summed E-state index contributed by atoms with van der Waals surface area (Å²) in [5, 5.41) is 9.18. The highest BCUT2D eigenvalue weighted by Crippen LogP contribution is 2.55. The van der Waals surface area contributed by atoms with Crippen molar-refractivity contribution in [2.75, 3.05) is 19.8 Å². The van der Waals surface area contributed by atoms with E-state index in [2.05, 4.69) is 17.1 Å². The zero-order valence-electron chi connectivity index (χ0n) is 14.2. The van der Waals surface area contributed by atoms with Crippen molar-refractivity contribution in [3.63, 3.8) is 0 Å². The fraction of sp³-hybridized carbons (Fsp3) is 0.350. The van der Waals surface area contributed by atoms with Crippen molar-refractivity contribution in [2.45, 2.75) is 18.9 Å². The summed E-state index contributed by atoms with van der Waals surface area (Å²) < 4.78 is 5.54. The van der Waals surface area contributed by atoms with Gasteiger partial charge in [0.2, 0.25) is 0 Å². The van der Waals surface area contributed by atoms with Crippen LogP contribution in [0.15, 0.2) is 42.6 Å². The van der Waals surface area contributed by atoms with E-state index in [-0.39, 0.29) is 28.1 Å². The van der Waals surface area contributed by atoms with E-state index in [1.165, 1.54) is 12.3 Å². The van der Waals surface area contributed by atoms with Gasteiger partial charge >= 0.3 is 0 Å². The second-order valence-electron chi connectivity index (χ2n) is 6.89. The zero-order valence-corrected chi connectivity index (χ0v) is 14.9. The first-order valence-electron chi connectivity index (χ1n) is 8.64. The molecule has 1 spiro atoms. The molecule has 5 nitrogen and oxygen atoms in total. The Morgan fingerprint density at radius 2 is 2.04 bits per heavy atom. The lowest BCUT2D eigenvalue weighted by Crippen LogP contribution is -2.62. The minimum absolute atomic E-state index is 0.00592. The molecule has 0 N–H and O–H groups in total. The minimum atomic E-state index is -0.189. The monoisotopic (exact) mass is 367 g/mol. The van der Waals surface area contributed by atoms with Gasteiger partial charge in [-0.25, -0.2) is 4.98 Å². The van der Waals surface area contributed by atoms with Crippen molar-refractivity contribution in [3.8, 4) is 6.07 Å². The number of hydrogen-bond donors (Lipinski definition) is 0. The Morgan fingerprint density at radius 1 is 1.31 bits per heavy atom. The summed E-state index contributed by atoms with van der Waals surface area (Å²) in [6.45, 7) is 2.12. The molecule has 1 aromatic heterocycles. The van der Waals surface area contributed by atoms with Crippen molar-refractivity contribution in [1.29, 1.82) is 5.26 Å². The van der Waals surface area contributed by atoms with Crippen LogP contribution in [0.25, 0.3) is 0 Å². The van der Waals surface area contributed by atoms with Gasteiger partial charge in [-0.2, -0.15) is 5.26 Å². The number of amides is 1. The van der Waals surface area contributed by atoms with E-state index >= 15 is 0 Å². The third-order valence-electron chi connectivity index (χ3n) is 5.41. The van der Waals surface area contributed by atoms with Gasteiger partial charge < -0.3 is 9.64 Å². The summed E-state index contributed by atoms with van der Waals surface area (Å²) in [5.41, 5.74) is 1.72. The van der Waals surface area contributed by atoms with Crippen LogP contribution >= 0.6 is 11.6 Å². The van der Waals surface area contributed by atoms with Crippen LogP contribution in [0.5, 0.6) is 0 Å². The summed E-state index contributed by atoms with van der Waals surface area (Å²) in [4.78, 5) is 19.1. The van der Waals surface area contributed by atoms with Crippen LogP contribution in [0.3, 0.4) is 0 Å². The predicted octanol–water partition coefficient (Wildman–Crippen LogP) is 3.60. The average Bonchev–Trinajstić information content (AvgIpc) is 2.67. The van der Waals surface area contributed by atoms with Gasteiger partial charge in [0.25, 0.3) is 5.91 Å². The third kappa shape index (κ3) is 2.76. The first kappa shape index (κ1) is 17.0. The van der Waals surface area contributed by atoms with E-state index in [0.29, 0.717) is 12.1 Å². The van der Waals surface area contributed by atoms with E-state index < -0.39 is 0 Å². The van der Waals surface area contributed by atoms with Gasteiger partial charge in [-0.3, -0.25) is 4.79 Å². The van der Waals surface area contributed by atoms with Crippen LogP contribution in [-0.4, -0.2) is 35.5 Å². The van der Waals surface area contributed by atoms with Gasteiger partial charge in [-0.05, 0) is 24.5 Å². The van der Waals surface area contributed by atoms with Gasteiger partial charge in [0, 0.05) is 31.4 Å². The van der Waals surface area contributed by atoms with Crippen LogP contribution in [-0.2, 0) is 4.74 Å². The smallest absolute Gasteiger partial charge is 0.274 e. The second-order valence-corrected chi connectivity index (χ2v) is 7.29. The zero-order chi connectivity index (χ0) is 18.1. The highest BCUT2D eigenvalue weighted by Gasteiger charge is 2.55. The topological polar surface area (TPSA) is 66.2 Å². The molecule has 1 amide bonds. The minimum Gasteiger partial charge on any atom is -0.381 e. The van der Waals surface area contributed by atoms with Crippen molar-refractivity contribution < 1.29 is 9.53 Å². The normalized spacial score (nSPS) is 21.1. The number of likely N-dealkylation sites (tertiary alicyclic amines) is 1. The van der Waals surface area contributed by atoms with Gasteiger partial charge in [-0.1, -0.05) is 41.9 Å². The maximum absolute atomic E-state index is 13.1. The molecule has 2 aliphatic heterocycles. The Labute approximate surface area is 157 Å². The van der Waals surface area contributed by atoms with Crippen molar-refractivity contribution in [2.24, 2.45) is 5.41 Å². The molecule has 0 radical (unpaired) electrons. The number of ether oxygens (including phenoxy) is 1. The van der Waals surface area contributed by atoms with Crippen LogP contribution in [0, 0.1) is 16.7 Å². The lowest BCUT2D eigenvalue weighted by atomic mass is 9.64. The quantitative estimate of drug-likeness (QED) is 0.813. The number of carbonyl (C=O) groups is 1. The average molecular weight is 368 g/mol. The Bertz CT molecular complexity index is 872. The van der Waals surface area contributed by atoms with E-state index in [1.54, 1.807) is 0 Å². The largest absolute Gasteiger partial charge is 0.381 e. The van der Waals surface area contributed by atoms with E-state index in [4.69, 9.17) is 21.6 Å². The van der Waals surface area contributed by atoms with E-state index in [1.807, 2.05) is 29.2 Å². The molecule has 6 heteroatoms. The molecule has 1 aromatic carbocycles. The molecule has 1 atom stereocenters. The fourth-order valence-corrected chi connectivity index (χ4v) is 4.34. The van der Waals surface area contributed by atoms with Crippen molar-refractivity contribution in [3.05, 3.63) is 64.4 Å². The first-order valence-corrected chi connectivity index (χ1v) is 9.02. The Kier molecular flexibility index (Phi) is 4.39. The summed E-state index contributed by atoms with van der Waals surface area (Å²) in [6.07, 6.45) is 3.26. The number of pyridine rings is 1. The number of carbonyl (C=O) groups excluding carboxylic acids is 1. The molecule has 2 saturated heterocycles. The van der Waals surface area contributed by atoms with Gasteiger partial charge in [0.05, 0.1) is 16.6 Å². The van der Waals surface area contributed by atoms with Gasteiger partial charge in [0.15, 0.2) is 0 Å². The molecule has 3 heterocycles. The van der Waals surface area contributed by atoms with Crippen molar-refractivity contribution >= 4 is 17.5 Å². The number of halogens is 1. The fourth-order valence-electron chi connectivity index (χ4n) is 4.09. The number of benzene rings is 1. The number of hydrogen-bond acceptors (Lipinski definition) is 4. The van der Waals surface area contributed by atoms with Crippen LogP contribution in [0.1, 0.15) is 40.5 Å². The van der Waals surface area contributed by atoms with Crippen molar-refractivity contribution in [1.82, 2.24) is 9.88 Å². The molecular weight excluding hydrogens is 350 g/mol. The first-order chi connectivity index (χ1) is 12.6. The number of nitrogens with zero attached hydrogens (tertiary/aromatic N) is 3. The van der Waals surface area contributed by atoms with E-state index in [0.717, 1.165) is 31.6 Å². The SMILES string of the molecule is N#Cc1cnc(C(=O)N2CC3(CCOCC3)C2c2ccccc2)c(Cl)c1. The van der Waals surface area contributed by atoms with Crippen LogP contribution in [0.2, 0.25) is 5.02 Å². The van der Waals surface area contributed by atoms with Gasteiger partial charge in [-0.15, -0.1) is 0 Å². The summed E-state index contributed by atoms with van der Waals surface area (Å²) in [6, 6.07) is 13.6. The van der Waals surface area contributed by atoms with E-state index in [9.17, 15) is 4.79 Å². The molecule has 0 saturated carbocycles. The van der Waals surface area contributed by atoms with Crippen LogP contribution in [0.4, 0.5) is 0 Å². The maximum atomic E-state index is 13.1. The molecule has 2 aliphatic rings. The Balaban J connectivity index is 1.67. The highest BCUT2D eigenvalue weighted by atomic mass is 35.5. The molecule has 26 heavy (non-hydrogen) atoms. The molecule has 0 aliphatic carbocycles. The molecule has 132 valence electrons. The Hall–Kier alpha value is -2.42. The molecule has 4 rings (SSSR count). The molecular formula is C20H18ClN3O2. The summed E-state index contributed by atoms with van der Waals surface area (Å²) >= 11 is 6.22. The number of nitriles is 1. The number of aromatic nitrogens is 1. The van der Waals surface area contributed by atoms with Crippen LogP contribution < -0.4 is 0 Å². The summed E-state index contributed by atoms with van der Waals surface area (Å²) in [5.74, 6) is -0.189. The lowest BCUT2D eigenvalue weighted by molar-refractivity contribution is -0.115. The Morgan fingerprint density at radius 3 is 2.69 bits per heavy atom. The predicted molar refractivity (Wildman–Crippen MR) is 96.7 cm³/mol. The summed E-state index contributed by atoms with van der Waals surface area (Å²) in [7, 11) is 0. The number of rotatable bonds is 2. The second kappa shape index (κ2) is 6.71. The molecule has 0 bridgehead atoms. The third-order valence-corrected chi connectivity index (χ3v) is 5.70. The standard InChI is InChI=1S/C20H18ClN3O2/c21-16-10-14(11-22)12-23-17(16)19(25)24-13-20(6-8-26-9-7-20)18(24)15-4-2-1-3-5-15/h1-5,10,12,18H,6-9,13H2. The molecule has 2 fully saturated rings. The molecule has 1 unspecified atom stereocenters. The van der Waals surface area contributed by atoms with Gasteiger partial charge in [0.1, 0.15) is 11.8 Å². The highest BCUT2D eigenvalue weighted by molar-refractivity contribution is 6.33. The maximum Gasteiger partial charge on any atom is 0.274 e. The molecule has 2 aromatic rings.